The Morgan fingerprint density at radius 3 is 2.90 bits per heavy atom. The van der Waals surface area contributed by atoms with Gasteiger partial charge >= 0.3 is 0 Å². The summed E-state index contributed by atoms with van der Waals surface area (Å²) in [4.78, 5) is 0. The number of ether oxygens (including phenoxy) is 1. The smallest absolute Gasteiger partial charge is 0.193 e. The Morgan fingerprint density at radius 1 is 1.60 bits per heavy atom. The van der Waals surface area contributed by atoms with Gasteiger partial charge in [0.15, 0.2) is 5.90 Å². The van der Waals surface area contributed by atoms with Crippen molar-refractivity contribution in [1.82, 2.24) is 0 Å². The Morgan fingerprint density at radius 2 is 2.40 bits per heavy atom. The van der Waals surface area contributed by atoms with Crippen molar-refractivity contribution in [2.45, 2.75) is 24.5 Å². The van der Waals surface area contributed by atoms with Gasteiger partial charge < -0.3 is 4.74 Å². The number of hydrogen-bond donors (Lipinski definition) is 1. The highest BCUT2D eigenvalue weighted by molar-refractivity contribution is 8.00. The first-order valence-electron chi connectivity index (χ1n) is 3.58. The summed E-state index contributed by atoms with van der Waals surface area (Å²) in [5.74, 6) is 1.64. The van der Waals surface area contributed by atoms with Crippen LogP contribution in [0.2, 0.25) is 0 Å². The molecule has 0 aromatic heterocycles. The molecule has 58 valence electrons. The van der Waals surface area contributed by atoms with Gasteiger partial charge in [-0.15, -0.1) is 11.8 Å². The Balaban J connectivity index is 2.31. The van der Waals surface area contributed by atoms with Crippen LogP contribution in [0, 0.1) is 5.41 Å². The van der Waals surface area contributed by atoms with Gasteiger partial charge in [-0.1, -0.05) is 6.42 Å². The first kappa shape index (κ1) is 7.92. The summed E-state index contributed by atoms with van der Waals surface area (Å²) < 4.78 is 4.85. The predicted molar refractivity (Wildman–Crippen MR) is 44.8 cm³/mol. The molecular weight excluding hydrogens is 146 g/mol. The molecule has 1 saturated heterocycles. The highest BCUT2D eigenvalue weighted by Gasteiger charge is 2.18. The van der Waals surface area contributed by atoms with Crippen LogP contribution >= 0.6 is 11.8 Å². The van der Waals surface area contributed by atoms with Gasteiger partial charge in [-0.05, 0) is 18.6 Å². The van der Waals surface area contributed by atoms with Crippen LogP contribution in [0.3, 0.4) is 0 Å². The van der Waals surface area contributed by atoms with Crippen LogP contribution in [0.4, 0.5) is 0 Å². The summed E-state index contributed by atoms with van der Waals surface area (Å²) in [5, 5.41) is 7.73. The predicted octanol–water partition coefficient (Wildman–Crippen LogP) is 1.90. The van der Waals surface area contributed by atoms with Gasteiger partial charge in [0.2, 0.25) is 0 Å². The average Bonchev–Trinajstić information content (AvgIpc) is 2.05. The highest BCUT2D eigenvalue weighted by atomic mass is 32.2. The zero-order valence-corrected chi connectivity index (χ0v) is 7.04. The minimum Gasteiger partial charge on any atom is -0.484 e. The van der Waals surface area contributed by atoms with Crippen molar-refractivity contribution in [2.75, 3.05) is 12.9 Å². The van der Waals surface area contributed by atoms with Gasteiger partial charge in [-0.3, -0.25) is 5.41 Å². The molecule has 1 unspecified atom stereocenters. The van der Waals surface area contributed by atoms with Crippen LogP contribution in [0.25, 0.3) is 0 Å². The van der Waals surface area contributed by atoms with Gasteiger partial charge in [-0.2, -0.15) is 0 Å². The maximum absolute atomic E-state index is 7.39. The van der Waals surface area contributed by atoms with E-state index in [0.29, 0.717) is 11.1 Å². The fourth-order valence-corrected chi connectivity index (χ4v) is 2.32. The van der Waals surface area contributed by atoms with Gasteiger partial charge in [0, 0.05) is 0 Å². The summed E-state index contributed by atoms with van der Waals surface area (Å²) in [7, 11) is 1.58. The monoisotopic (exact) mass is 159 g/mol. The van der Waals surface area contributed by atoms with E-state index in [9.17, 15) is 0 Å². The van der Waals surface area contributed by atoms with E-state index in [1.807, 2.05) is 11.8 Å². The summed E-state index contributed by atoms with van der Waals surface area (Å²) in [6.07, 6.45) is 3.68. The summed E-state index contributed by atoms with van der Waals surface area (Å²) >= 11 is 1.85. The lowest BCUT2D eigenvalue weighted by molar-refractivity contribution is 0.384. The second kappa shape index (κ2) is 3.86. The zero-order chi connectivity index (χ0) is 7.40. The van der Waals surface area contributed by atoms with Gasteiger partial charge in [0.05, 0.1) is 12.4 Å². The molecule has 0 aromatic rings. The second-order valence-electron chi connectivity index (χ2n) is 2.42. The van der Waals surface area contributed by atoms with Crippen LogP contribution in [0.1, 0.15) is 19.3 Å². The number of hydrogen-bond acceptors (Lipinski definition) is 3. The van der Waals surface area contributed by atoms with Crippen molar-refractivity contribution in [3.8, 4) is 0 Å². The molecule has 0 bridgehead atoms. The number of nitrogens with one attached hydrogen (secondary N) is 1. The van der Waals surface area contributed by atoms with Crippen molar-refractivity contribution in [1.29, 1.82) is 5.41 Å². The highest BCUT2D eigenvalue weighted by Crippen LogP contribution is 2.25. The molecule has 1 rings (SSSR count). The second-order valence-corrected chi connectivity index (χ2v) is 3.73. The third-order valence-corrected chi connectivity index (χ3v) is 3.07. The molecule has 2 nitrogen and oxygen atoms in total. The minimum absolute atomic E-state index is 0.346. The Kier molecular flexibility index (Phi) is 3.06. The SMILES string of the molecule is COC(=N)C1CCCCS1. The van der Waals surface area contributed by atoms with Crippen molar-refractivity contribution >= 4 is 17.7 Å². The normalized spacial score (nSPS) is 25.9. The maximum atomic E-state index is 7.39. The minimum atomic E-state index is 0.346. The fourth-order valence-electron chi connectivity index (χ4n) is 1.08. The van der Waals surface area contributed by atoms with E-state index < -0.39 is 0 Å². The Hall–Kier alpha value is -0.180. The van der Waals surface area contributed by atoms with Crippen LogP contribution < -0.4 is 0 Å². The molecule has 1 aliphatic heterocycles. The van der Waals surface area contributed by atoms with Crippen LogP contribution in [-0.2, 0) is 4.74 Å². The van der Waals surface area contributed by atoms with Crippen molar-refractivity contribution in [3.05, 3.63) is 0 Å². The molecule has 10 heavy (non-hydrogen) atoms. The molecule has 0 spiro atoms. The van der Waals surface area contributed by atoms with Crippen molar-refractivity contribution < 1.29 is 4.74 Å². The number of methoxy groups -OCH3 is 1. The number of thioether (sulfide) groups is 1. The molecule has 0 aromatic carbocycles. The van der Waals surface area contributed by atoms with Crippen LogP contribution in [0.5, 0.6) is 0 Å². The quantitative estimate of drug-likeness (QED) is 0.468. The van der Waals surface area contributed by atoms with E-state index >= 15 is 0 Å². The van der Waals surface area contributed by atoms with E-state index in [2.05, 4.69) is 0 Å². The molecule has 0 amide bonds. The number of rotatable bonds is 1. The van der Waals surface area contributed by atoms with E-state index in [4.69, 9.17) is 10.1 Å². The van der Waals surface area contributed by atoms with E-state index in [1.165, 1.54) is 18.6 Å². The third-order valence-electron chi connectivity index (χ3n) is 1.69. The lowest BCUT2D eigenvalue weighted by atomic mass is 10.2. The van der Waals surface area contributed by atoms with Gasteiger partial charge in [-0.25, -0.2) is 0 Å². The standard InChI is InChI=1S/C7H13NOS/c1-9-7(8)6-4-2-3-5-10-6/h6,8H,2-5H2,1H3. The van der Waals surface area contributed by atoms with Crippen molar-refractivity contribution in [3.63, 3.8) is 0 Å². The molecular formula is C7H13NOS. The summed E-state index contributed by atoms with van der Waals surface area (Å²) in [6.45, 7) is 0. The average molecular weight is 159 g/mol. The van der Waals surface area contributed by atoms with Gasteiger partial charge in [0.25, 0.3) is 0 Å². The van der Waals surface area contributed by atoms with Crippen LogP contribution in [-0.4, -0.2) is 24.0 Å². The van der Waals surface area contributed by atoms with Crippen molar-refractivity contribution in [2.24, 2.45) is 0 Å². The lowest BCUT2D eigenvalue weighted by Crippen LogP contribution is -2.21. The maximum Gasteiger partial charge on any atom is 0.193 e. The molecule has 1 heterocycles. The molecule has 1 fully saturated rings. The Bertz CT molecular complexity index is 121. The van der Waals surface area contributed by atoms with Crippen LogP contribution in [0.15, 0.2) is 0 Å². The zero-order valence-electron chi connectivity index (χ0n) is 6.22. The lowest BCUT2D eigenvalue weighted by Gasteiger charge is -2.20. The molecule has 0 saturated carbocycles. The fraction of sp³-hybridized carbons (Fsp3) is 0.857. The molecule has 0 radical (unpaired) electrons. The van der Waals surface area contributed by atoms with Gasteiger partial charge in [0.1, 0.15) is 0 Å². The largest absolute Gasteiger partial charge is 0.484 e. The Labute approximate surface area is 65.8 Å². The summed E-state index contributed by atoms with van der Waals surface area (Å²) in [6, 6.07) is 0. The first-order valence-corrected chi connectivity index (χ1v) is 4.63. The topological polar surface area (TPSA) is 33.1 Å². The van der Waals surface area contributed by atoms with E-state index in [1.54, 1.807) is 7.11 Å². The third kappa shape index (κ3) is 1.90. The van der Waals surface area contributed by atoms with E-state index in [0.717, 1.165) is 6.42 Å². The summed E-state index contributed by atoms with van der Waals surface area (Å²) in [5.41, 5.74) is 0. The molecule has 1 atom stereocenters. The molecule has 0 aliphatic carbocycles. The molecule has 3 heteroatoms. The molecule has 1 N–H and O–H groups in total. The van der Waals surface area contributed by atoms with E-state index in [-0.39, 0.29) is 0 Å². The first-order chi connectivity index (χ1) is 4.84. The molecule has 1 aliphatic rings.